The fraction of sp³-hybridized carbons (Fsp3) is 0.417. The Morgan fingerprint density at radius 1 is 0.800 bits per heavy atom. The predicted octanol–water partition coefficient (Wildman–Crippen LogP) is 6.91. The number of hydrogen-bond donors (Lipinski definition) is 0. The number of rotatable bonds is 1. The number of fused-ring (bicyclic) bond motifs is 1. The molecule has 0 unspecified atom stereocenters. The first-order valence-electron chi connectivity index (χ1n) is 9.01. The van der Waals surface area contributed by atoms with Gasteiger partial charge in [0.05, 0.1) is 0 Å². The Labute approximate surface area is 172 Å². The first-order valence-corrected chi connectivity index (χ1v) is 9.01. The van der Waals surface area contributed by atoms with Crippen LogP contribution in [0.4, 0.5) is 0 Å². The zero-order chi connectivity index (χ0) is 17.7. The van der Waals surface area contributed by atoms with Crippen LogP contribution in [0.1, 0.15) is 70.7 Å². The van der Waals surface area contributed by atoms with Gasteiger partial charge in [0.2, 0.25) is 0 Å². The normalized spacial score (nSPS) is 14.0. The van der Waals surface area contributed by atoms with Crippen molar-refractivity contribution in [3.8, 4) is 11.1 Å². The van der Waals surface area contributed by atoms with E-state index in [1.807, 2.05) is 0 Å². The SMILES string of the molecule is CC1=Cc2c(cccc2-c2cc(C(C)(C)C)cc(C(C)(C)C)c2)C1.[Zr]. The maximum absolute atomic E-state index is 2.40. The Hall–Kier alpha value is -0.937. The van der Waals surface area contributed by atoms with Crippen LogP contribution < -0.4 is 0 Å². The van der Waals surface area contributed by atoms with Gasteiger partial charge < -0.3 is 0 Å². The molecule has 0 spiro atoms. The second-order valence-corrected chi connectivity index (χ2v) is 9.34. The van der Waals surface area contributed by atoms with Crippen molar-refractivity contribution < 1.29 is 26.2 Å². The second kappa shape index (κ2) is 6.99. The summed E-state index contributed by atoms with van der Waals surface area (Å²) in [6, 6.07) is 13.9. The third-order valence-electron chi connectivity index (χ3n) is 5.03. The summed E-state index contributed by atoms with van der Waals surface area (Å²) in [5.74, 6) is 0. The zero-order valence-electron chi connectivity index (χ0n) is 16.7. The zero-order valence-corrected chi connectivity index (χ0v) is 19.2. The van der Waals surface area contributed by atoms with E-state index < -0.39 is 0 Å². The molecule has 0 saturated carbocycles. The molecule has 25 heavy (non-hydrogen) atoms. The van der Waals surface area contributed by atoms with Gasteiger partial charge in [-0.15, -0.1) is 0 Å². The van der Waals surface area contributed by atoms with Gasteiger partial charge >= 0.3 is 0 Å². The van der Waals surface area contributed by atoms with Crippen LogP contribution in [0.5, 0.6) is 0 Å². The first-order chi connectivity index (χ1) is 11.1. The maximum Gasteiger partial charge on any atom is 0 e. The van der Waals surface area contributed by atoms with Gasteiger partial charge in [0, 0.05) is 26.2 Å². The van der Waals surface area contributed by atoms with Gasteiger partial charge in [-0.2, -0.15) is 0 Å². The number of benzene rings is 2. The Morgan fingerprint density at radius 3 is 1.88 bits per heavy atom. The van der Waals surface area contributed by atoms with E-state index >= 15 is 0 Å². The maximum atomic E-state index is 2.40. The van der Waals surface area contributed by atoms with Crippen LogP contribution >= 0.6 is 0 Å². The van der Waals surface area contributed by atoms with E-state index in [1.165, 1.54) is 39.0 Å². The Balaban J connectivity index is 0.00000225. The van der Waals surface area contributed by atoms with Gasteiger partial charge in [0.15, 0.2) is 0 Å². The molecule has 0 heterocycles. The molecule has 0 amide bonds. The van der Waals surface area contributed by atoms with Gasteiger partial charge in [-0.25, -0.2) is 0 Å². The van der Waals surface area contributed by atoms with Crippen LogP contribution in [-0.2, 0) is 43.5 Å². The van der Waals surface area contributed by atoms with Gasteiger partial charge in [-0.1, -0.05) is 89.6 Å². The average molecular weight is 410 g/mol. The molecule has 0 N–H and O–H groups in total. The van der Waals surface area contributed by atoms with E-state index in [-0.39, 0.29) is 37.0 Å². The molecular weight excluding hydrogens is 379 g/mol. The van der Waals surface area contributed by atoms with Crippen molar-refractivity contribution in [3.05, 3.63) is 64.2 Å². The summed E-state index contributed by atoms with van der Waals surface area (Å²) in [7, 11) is 0. The van der Waals surface area contributed by atoms with E-state index in [0.717, 1.165) is 6.42 Å². The molecule has 0 bridgehead atoms. The standard InChI is InChI=1S/C24H30.Zr/c1-16-11-17-9-8-10-21(22(17)12-16)18-13-19(23(2,3)4)15-20(14-18)24(5,6)7;/h8-10,12-15H,11H2,1-7H3;. The predicted molar refractivity (Wildman–Crippen MR) is 107 cm³/mol. The third kappa shape index (κ3) is 4.25. The van der Waals surface area contributed by atoms with E-state index in [2.05, 4.69) is 90.9 Å². The average Bonchev–Trinajstić information content (AvgIpc) is 2.84. The van der Waals surface area contributed by atoms with Crippen LogP contribution in [0.15, 0.2) is 42.0 Å². The van der Waals surface area contributed by atoms with Crippen molar-refractivity contribution in [1.29, 1.82) is 0 Å². The summed E-state index contributed by atoms with van der Waals surface area (Å²) in [6.07, 6.45) is 3.46. The van der Waals surface area contributed by atoms with Crippen molar-refractivity contribution in [2.75, 3.05) is 0 Å². The molecule has 0 aromatic heterocycles. The summed E-state index contributed by atoms with van der Waals surface area (Å²) in [5, 5.41) is 0. The molecule has 130 valence electrons. The minimum absolute atomic E-state index is 0. The summed E-state index contributed by atoms with van der Waals surface area (Å²) in [6.45, 7) is 16.1. The molecule has 1 aliphatic rings. The van der Waals surface area contributed by atoms with Crippen LogP contribution in [0, 0.1) is 0 Å². The molecule has 2 aromatic rings. The molecule has 1 heteroatoms. The number of allylic oxidation sites excluding steroid dienone is 1. The van der Waals surface area contributed by atoms with Crippen molar-refractivity contribution in [2.24, 2.45) is 0 Å². The molecule has 2 aromatic carbocycles. The summed E-state index contributed by atoms with van der Waals surface area (Å²) in [5.41, 5.74) is 10.2. The largest absolute Gasteiger partial charge is 0.0683 e. The van der Waals surface area contributed by atoms with Gasteiger partial charge in [0.25, 0.3) is 0 Å². The van der Waals surface area contributed by atoms with E-state index in [4.69, 9.17) is 0 Å². The van der Waals surface area contributed by atoms with Crippen LogP contribution in [0.3, 0.4) is 0 Å². The summed E-state index contributed by atoms with van der Waals surface area (Å²) >= 11 is 0. The van der Waals surface area contributed by atoms with Gasteiger partial charge in [-0.3, -0.25) is 0 Å². The Kier molecular flexibility index (Phi) is 5.70. The van der Waals surface area contributed by atoms with Gasteiger partial charge in [-0.05, 0) is 57.6 Å². The Morgan fingerprint density at radius 2 is 1.36 bits per heavy atom. The molecule has 0 radical (unpaired) electrons. The van der Waals surface area contributed by atoms with E-state index in [9.17, 15) is 0 Å². The van der Waals surface area contributed by atoms with Crippen LogP contribution in [-0.4, -0.2) is 0 Å². The van der Waals surface area contributed by atoms with Crippen LogP contribution in [0.2, 0.25) is 0 Å². The van der Waals surface area contributed by atoms with E-state index in [0.29, 0.717) is 0 Å². The fourth-order valence-electron chi connectivity index (χ4n) is 3.44. The molecule has 0 saturated heterocycles. The minimum Gasteiger partial charge on any atom is -0.0683 e. The summed E-state index contributed by atoms with van der Waals surface area (Å²) in [4.78, 5) is 0. The Bertz CT molecular complexity index is 779. The molecule has 0 atom stereocenters. The van der Waals surface area contributed by atoms with E-state index in [1.54, 1.807) is 0 Å². The van der Waals surface area contributed by atoms with Crippen LogP contribution in [0.25, 0.3) is 17.2 Å². The third-order valence-corrected chi connectivity index (χ3v) is 5.03. The molecule has 3 rings (SSSR count). The number of hydrogen-bond acceptors (Lipinski definition) is 0. The quantitative estimate of drug-likeness (QED) is 0.480. The smallest absolute Gasteiger partial charge is 0 e. The molecule has 0 fully saturated rings. The monoisotopic (exact) mass is 408 g/mol. The van der Waals surface area contributed by atoms with Crippen molar-refractivity contribution >= 4 is 6.08 Å². The van der Waals surface area contributed by atoms with Gasteiger partial charge in [0.1, 0.15) is 0 Å². The molecule has 0 aliphatic heterocycles. The van der Waals surface area contributed by atoms with Crippen molar-refractivity contribution in [1.82, 2.24) is 0 Å². The minimum atomic E-state index is 0. The first kappa shape index (κ1) is 20.4. The topological polar surface area (TPSA) is 0 Å². The molecule has 1 aliphatic carbocycles. The van der Waals surface area contributed by atoms with Crippen molar-refractivity contribution in [2.45, 2.75) is 65.7 Å². The molecule has 0 nitrogen and oxygen atoms in total. The summed E-state index contributed by atoms with van der Waals surface area (Å²) < 4.78 is 0. The van der Waals surface area contributed by atoms with Crippen molar-refractivity contribution in [3.63, 3.8) is 0 Å². The fourth-order valence-corrected chi connectivity index (χ4v) is 3.44. The second-order valence-electron chi connectivity index (χ2n) is 9.34. The molecular formula is C24H30Zr.